The van der Waals surface area contributed by atoms with Crippen molar-refractivity contribution >= 4 is 5.97 Å². The van der Waals surface area contributed by atoms with Crippen LogP contribution in [-0.2, 0) is 11.3 Å². The first-order chi connectivity index (χ1) is 8.15. The molecular weight excluding hydrogens is 218 g/mol. The molecule has 0 atom stereocenters. The predicted molar refractivity (Wildman–Crippen MR) is 65.8 cm³/mol. The van der Waals surface area contributed by atoms with E-state index in [1.54, 1.807) is 12.1 Å². The van der Waals surface area contributed by atoms with E-state index in [4.69, 9.17) is 9.84 Å². The first kappa shape index (κ1) is 13.7. The van der Waals surface area contributed by atoms with Crippen molar-refractivity contribution in [2.45, 2.75) is 20.4 Å². The summed E-state index contributed by atoms with van der Waals surface area (Å²) in [5.41, 5.74) is 1.14. The third-order valence-electron chi connectivity index (χ3n) is 2.45. The monoisotopic (exact) mass is 237 g/mol. The van der Waals surface area contributed by atoms with E-state index in [1.165, 1.54) is 6.92 Å². The zero-order valence-corrected chi connectivity index (χ0v) is 10.3. The number of carbonyl (C=O) groups excluding carboxylic acids is 1. The lowest BCUT2D eigenvalue weighted by Gasteiger charge is -2.19. The molecule has 0 bridgehead atoms. The minimum absolute atomic E-state index is 0.166. The molecule has 17 heavy (non-hydrogen) atoms. The van der Waals surface area contributed by atoms with Gasteiger partial charge in [0.05, 0.1) is 6.61 Å². The van der Waals surface area contributed by atoms with Gasteiger partial charge in [0.2, 0.25) is 0 Å². The first-order valence-electron chi connectivity index (χ1n) is 5.76. The smallest absolute Gasteiger partial charge is 0.308 e. The summed E-state index contributed by atoms with van der Waals surface area (Å²) < 4.78 is 4.96. The molecule has 0 aromatic heterocycles. The van der Waals surface area contributed by atoms with Gasteiger partial charge in [-0.15, -0.1) is 0 Å². The third kappa shape index (κ3) is 4.97. The summed E-state index contributed by atoms with van der Waals surface area (Å²) in [5, 5.41) is 8.89. The van der Waals surface area contributed by atoms with Crippen molar-refractivity contribution in [3.05, 3.63) is 29.8 Å². The molecule has 0 fully saturated rings. The summed E-state index contributed by atoms with van der Waals surface area (Å²) >= 11 is 0. The molecule has 0 aliphatic carbocycles. The van der Waals surface area contributed by atoms with Gasteiger partial charge in [0, 0.05) is 20.0 Å². The lowest BCUT2D eigenvalue weighted by molar-refractivity contribution is -0.131. The van der Waals surface area contributed by atoms with Crippen molar-refractivity contribution in [3.8, 4) is 5.75 Å². The molecule has 1 aromatic rings. The molecule has 0 unspecified atom stereocenters. The van der Waals surface area contributed by atoms with Gasteiger partial charge < -0.3 is 9.84 Å². The van der Waals surface area contributed by atoms with Gasteiger partial charge >= 0.3 is 5.97 Å². The second-order valence-electron chi connectivity index (χ2n) is 3.83. The van der Waals surface area contributed by atoms with Gasteiger partial charge in [-0.05, 0) is 24.2 Å². The third-order valence-corrected chi connectivity index (χ3v) is 2.45. The van der Waals surface area contributed by atoms with Crippen LogP contribution in [0.3, 0.4) is 0 Å². The number of benzene rings is 1. The number of likely N-dealkylation sites (N-methyl/N-ethyl adjacent to an activating group) is 1. The maximum Gasteiger partial charge on any atom is 0.308 e. The van der Waals surface area contributed by atoms with Crippen LogP contribution in [0.1, 0.15) is 19.4 Å². The van der Waals surface area contributed by atoms with Gasteiger partial charge in [-0.1, -0.05) is 19.1 Å². The molecule has 4 nitrogen and oxygen atoms in total. The van der Waals surface area contributed by atoms with Crippen LogP contribution >= 0.6 is 0 Å². The lowest BCUT2D eigenvalue weighted by Crippen LogP contribution is -2.26. The van der Waals surface area contributed by atoms with Crippen molar-refractivity contribution in [2.24, 2.45) is 0 Å². The Morgan fingerprint density at radius 3 is 2.47 bits per heavy atom. The molecule has 1 rings (SSSR count). The van der Waals surface area contributed by atoms with Gasteiger partial charge in [-0.2, -0.15) is 0 Å². The van der Waals surface area contributed by atoms with E-state index in [1.807, 2.05) is 12.1 Å². The quantitative estimate of drug-likeness (QED) is 0.600. The van der Waals surface area contributed by atoms with E-state index in [0.717, 1.165) is 18.7 Å². The zero-order valence-electron chi connectivity index (χ0n) is 10.3. The number of hydrogen-bond acceptors (Lipinski definition) is 4. The highest BCUT2D eigenvalue weighted by molar-refractivity contribution is 5.69. The Balaban J connectivity index is 2.57. The van der Waals surface area contributed by atoms with E-state index < -0.39 is 0 Å². The van der Waals surface area contributed by atoms with Gasteiger partial charge in [-0.3, -0.25) is 9.69 Å². The number of ether oxygens (including phenoxy) is 1. The Kier molecular flexibility index (Phi) is 5.66. The normalized spacial score (nSPS) is 10.6. The van der Waals surface area contributed by atoms with Gasteiger partial charge in [0.1, 0.15) is 5.75 Å². The Bertz CT molecular complexity index is 348. The Labute approximate surface area is 102 Å². The topological polar surface area (TPSA) is 49.8 Å². The molecule has 0 spiro atoms. The molecule has 4 heteroatoms. The number of aliphatic hydroxyl groups excluding tert-OH is 1. The highest BCUT2D eigenvalue weighted by Gasteiger charge is 2.03. The number of nitrogens with zero attached hydrogens (tertiary/aromatic N) is 1. The maximum atomic E-state index is 10.7. The van der Waals surface area contributed by atoms with E-state index in [2.05, 4.69) is 11.8 Å². The molecule has 0 amide bonds. The van der Waals surface area contributed by atoms with Crippen LogP contribution in [-0.4, -0.2) is 35.7 Å². The van der Waals surface area contributed by atoms with Crippen molar-refractivity contribution < 1.29 is 14.6 Å². The largest absolute Gasteiger partial charge is 0.427 e. The summed E-state index contributed by atoms with van der Waals surface area (Å²) in [6.07, 6.45) is 0. The Morgan fingerprint density at radius 2 is 2.00 bits per heavy atom. The number of aliphatic hydroxyl groups is 1. The Morgan fingerprint density at radius 1 is 1.35 bits per heavy atom. The number of hydrogen-bond donors (Lipinski definition) is 1. The molecular formula is C13H19NO3. The summed E-state index contributed by atoms with van der Waals surface area (Å²) in [4.78, 5) is 12.9. The number of esters is 1. The fraction of sp³-hybridized carbons (Fsp3) is 0.462. The van der Waals surface area contributed by atoms with Gasteiger partial charge in [0.15, 0.2) is 0 Å². The molecule has 0 saturated carbocycles. The van der Waals surface area contributed by atoms with Crippen LogP contribution < -0.4 is 4.74 Å². The van der Waals surface area contributed by atoms with Crippen LogP contribution in [0, 0.1) is 0 Å². The Hall–Kier alpha value is -1.39. The average Bonchev–Trinajstić information content (AvgIpc) is 2.30. The van der Waals surface area contributed by atoms with E-state index in [-0.39, 0.29) is 12.6 Å². The molecule has 1 aromatic carbocycles. The number of carbonyl (C=O) groups is 1. The van der Waals surface area contributed by atoms with Crippen molar-refractivity contribution in [1.29, 1.82) is 0 Å². The highest BCUT2D eigenvalue weighted by atomic mass is 16.5. The standard InChI is InChI=1S/C13H19NO3/c1-3-14(8-9-15)10-12-4-6-13(7-5-12)17-11(2)16/h4-7,15H,3,8-10H2,1-2H3. The van der Waals surface area contributed by atoms with Crippen LogP contribution in [0.15, 0.2) is 24.3 Å². The minimum atomic E-state index is -0.312. The zero-order chi connectivity index (χ0) is 12.7. The molecule has 94 valence electrons. The summed E-state index contributed by atoms with van der Waals surface area (Å²) in [6.45, 7) is 5.96. The van der Waals surface area contributed by atoms with Crippen LogP contribution in [0.25, 0.3) is 0 Å². The molecule has 1 N–H and O–H groups in total. The minimum Gasteiger partial charge on any atom is -0.427 e. The molecule has 0 aliphatic rings. The highest BCUT2D eigenvalue weighted by Crippen LogP contribution is 2.13. The lowest BCUT2D eigenvalue weighted by atomic mass is 10.2. The summed E-state index contributed by atoms with van der Waals surface area (Å²) in [5.74, 6) is 0.250. The average molecular weight is 237 g/mol. The molecule has 0 radical (unpaired) electrons. The van der Waals surface area contributed by atoms with Crippen molar-refractivity contribution in [1.82, 2.24) is 4.90 Å². The molecule has 0 aliphatic heterocycles. The van der Waals surface area contributed by atoms with Crippen LogP contribution in [0.4, 0.5) is 0 Å². The maximum absolute atomic E-state index is 10.7. The van der Waals surface area contributed by atoms with E-state index in [9.17, 15) is 4.79 Å². The SMILES string of the molecule is CCN(CCO)Cc1ccc(OC(C)=O)cc1. The van der Waals surface area contributed by atoms with Crippen LogP contribution in [0.2, 0.25) is 0 Å². The summed E-state index contributed by atoms with van der Waals surface area (Å²) in [6, 6.07) is 7.42. The van der Waals surface area contributed by atoms with Crippen molar-refractivity contribution in [3.63, 3.8) is 0 Å². The van der Waals surface area contributed by atoms with Gasteiger partial charge in [0.25, 0.3) is 0 Å². The molecule has 0 saturated heterocycles. The fourth-order valence-corrected chi connectivity index (χ4v) is 1.58. The van der Waals surface area contributed by atoms with Crippen LogP contribution in [0.5, 0.6) is 5.75 Å². The van der Waals surface area contributed by atoms with Gasteiger partial charge in [-0.25, -0.2) is 0 Å². The van der Waals surface area contributed by atoms with Crippen molar-refractivity contribution in [2.75, 3.05) is 19.7 Å². The molecule has 0 heterocycles. The summed E-state index contributed by atoms with van der Waals surface area (Å²) in [7, 11) is 0. The predicted octanol–water partition coefficient (Wildman–Crippen LogP) is 1.43. The second kappa shape index (κ2) is 7.04. The number of rotatable bonds is 6. The van der Waals surface area contributed by atoms with E-state index in [0.29, 0.717) is 12.3 Å². The second-order valence-corrected chi connectivity index (χ2v) is 3.83. The first-order valence-corrected chi connectivity index (χ1v) is 5.76. The fourth-order valence-electron chi connectivity index (χ4n) is 1.58. The van der Waals surface area contributed by atoms with E-state index >= 15 is 0 Å².